The van der Waals surface area contributed by atoms with Crippen molar-refractivity contribution in [2.24, 2.45) is 5.73 Å². The van der Waals surface area contributed by atoms with E-state index in [4.69, 9.17) is 15.2 Å². The summed E-state index contributed by atoms with van der Waals surface area (Å²) in [5.41, 5.74) is 6.91. The minimum atomic E-state index is -0.644. The van der Waals surface area contributed by atoms with E-state index in [1.807, 2.05) is 18.2 Å². The fourth-order valence-corrected chi connectivity index (χ4v) is 3.19. The molecule has 2 atom stereocenters. The number of ether oxygens (including phenoxy) is 2. The minimum absolute atomic E-state index is 0. The highest BCUT2D eigenvalue weighted by atomic mass is 35.5. The van der Waals surface area contributed by atoms with Gasteiger partial charge in [0.1, 0.15) is 11.8 Å². The average molecular weight is 408 g/mol. The molecule has 1 amide bonds. The molecule has 1 fully saturated rings. The van der Waals surface area contributed by atoms with E-state index in [0.717, 1.165) is 24.4 Å². The molecule has 3 N–H and O–H groups in total. The Morgan fingerprint density at radius 3 is 2.46 bits per heavy atom. The van der Waals surface area contributed by atoms with Crippen LogP contribution in [0.15, 0.2) is 24.3 Å². The molecule has 1 heterocycles. The standard InChI is InChI=1S/C18H29N3O3.2ClH/c1-23-13-15(19)18(22)20-12-16(21-10-6-3-7-11-21)14-8-4-5-9-17(14)24-2;;/h4-5,8-9,15-16H,3,6-7,10-13,19H2,1-2H3,(H,20,22);2*1H. The number of nitrogens with two attached hydrogens (primary N) is 1. The number of nitrogens with zero attached hydrogens (tertiary/aromatic N) is 1. The second-order valence-electron chi connectivity index (χ2n) is 6.16. The predicted molar refractivity (Wildman–Crippen MR) is 109 cm³/mol. The molecule has 2 unspecified atom stereocenters. The number of nitrogens with one attached hydrogen (secondary N) is 1. The van der Waals surface area contributed by atoms with Gasteiger partial charge in [-0.3, -0.25) is 9.69 Å². The molecule has 26 heavy (non-hydrogen) atoms. The number of rotatable bonds is 8. The van der Waals surface area contributed by atoms with Crippen molar-refractivity contribution in [2.75, 3.05) is 40.5 Å². The van der Waals surface area contributed by atoms with Crippen molar-refractivity contribution in [3.63, 3.8) is 0 Å². The SMILES string of the molecule is COCC(N)C(=O)NCC(c1ccccc1OC)N1CCCCC1.Cl.Cl. The summed E-state index contributed by atoms with van der Waals surface area (Å²) in [4.78, 5) is 14.6. The molecule has 1 saturated heterocycles. The lowest BCUT2D eigenvalue weighted by molar-refractivity contribution is -0.123. The molecule has 2 rings (SSSR count). The van der Waals surface area contributed by atoms with E-state index in [2.05, 4.69) is 16.3 Å². The Bertz CT molecular complexity index is 528. The topological polar surface area (TPSA) is 76.8 Å². The van der Waals surface area contributed by atoms with Gasteiger partial charge in [0, 0.05) is 19.2 Å². The van der Waals surface area contributed by atoms with Crippen LogP contribution in [0.25, 0.3) is 0 Å². The van der Waals surface area contributed by atoms with Crippen LogP contribution in [0, 0.1) is 0 Å². The van der Waals surface area contributed by atoms with Gasteiger partial charge < -0.3 is 20.5 Å². The molecule has 0 aromatic heterocycles. The third-order valence-electron chi connectivity index (χ3n) is 4.48. The number of piperidine rings is 1. The fraction of sp³-hybridized carbons (Fsp3) is 0.611. The Balaban J connectivity index is 0.00000312. The van der Waals surface area contributed by atoms with Gasteiger partial charge in [-0.2, -0.15) is 0 Å². The summed E-state index contributed by atoms with van der Waals surface area (Å²) in [7, 11) is 3.22. The van der Waals surface area contributed by atoms with E-state index in [1.165, 1.54) is 19.3 Å². The molecule has 8 heteroatoms. The van der Waals surface area contributed by atoms with Gasteiger partial charge in [0.15, 0.2) is 0 Å². The summed E-state index contributed by atoms with van der Waals surface area (Å²) in [6, 6.07) is 7.44. The summed E-state index contributed by atoms with van der Waals surface area (Å²) in [5.74, 6) is 0.664. The number of hydrogen-bond donors (Lipinski definition) is 2. The first kappa shape index (κ1) is 24.9. The third kappa shape index (κ3) is 6.93. The average Bonchev–Trinajstić information content (AvgIpc) is 2.63. The van der Waals surface area contributed by atoms with Gasteiger partial charge >= 0.3 is 0 Å². The molecule has 0 bridgehead atoms. The van der Waals surface area contributed by atoms with Crippen molar-refractivity contribution in [2.45, 2.75) is 31.3 Å². The number of carbonyl (C=O) groups excluding carboxylic acids is 1. The quantitative estimate of drug-likeness (QED) is 0.690. The van der Waals surface area contributed by atoms with Crippen molar-refractivity contribution in [1.29, 1.82) is 0 Å². The number of amides is 1. The van der Waals surface area contributed by atoms with Crippen LogP contribution in [0.3, 0.4) is 0 Å². The highest BCUT2D eigenvalue weighted by Gasteiger charge is 2.26. The van der Waals surface area contributed by atoms with E-state index in [0.29, 0.717) is 6.54 Å². The summed E-state index contributed by atoms with van der Waals surface area (Å²) in [6.07, 6.45) is 3.63. The van der Waals surface area contributed by atoms with E-state index in [9.17, 15) is 4.79 Å². The Kier molecular flexibility index (Phi) is 12.6. The first-order valence-electron chi connectivity index (χ1n) is 8.56. The molecule has 0 aliphatic carbocycles. The third-order valence-corrected chi connectivity index (χ3v) is 4.48. The lowest BCUT2D eigenvalue weighted by Gasteiger charge is -2.35. The lowest BCUT2D eigenvalue weighted by Crippen LogP contribution is -2.47. The van der Waals surface area contributed by atoms with Crippen molar-refractivity contribution in [3.8, 4) is 5.75 Å². The lowest BCUT2D eigenvalue weighted by atomic mass is 10.0. The maximum atomic E-state index is 12.1. The number of benzene rings is 1. The van der Waals surface area contributed by atoms with Crippen LogP contribution in [0.5, 0.6) is 5.75 Å². The fourth-order valence-electron chi connectivity index (χ4n) is 3.19. The van der Waals surface area contributed by atoms with Crippen molar-refractivity contribution in [1.82, 2.24) is 10.2 Å². The molecule has 150 valence electrons. The minimum Gasteiger partial charge on any atom is -0.496 e. The number of methoxy groups -OCH3 is 2. The zero-order valence-corrected chi connectivity index (χ0v) is 17.1. The van der Waals surface area contributed by atoms with Crippen LogP contribution in [-0.4, -0.2) is 57.3 Å². The van der Waals surface area contributed by atoms with Gasteiger partial charge in [0.25, 0.3) is 0 Å². The van der Waals surface area contributed by atoms with Crippen LogP contribution < -0.4 is 15.8 Å². The maximum Gasteiger partial charge on any atom is 0.239 e. The summed E-state index contributed by atoms with van der Waals surface area (Å²) in [6.45, 7) is 2.79. The summed E-state index contributed by atoms with van der Waals surface area (Å²) >= 11 is 0. The van der Waals surface area contributed by atoms with Crippen LogP contribution in [-0.2, 0) is 9.53 Å². The summed E-state index contributed by atoms with van der Waals surface area (Å²) < 4.78 is 10.5. The second-order valence-corrected chi connectivity index (χ2v) is 6.16. The highest BCUT2D eigenvalue weighted by Crippen LogP contribution is 2.30. The van der Waals surface area contributed by atoms with Crippen molar-refractivity contribution >= 4 is 30.7 Å². The van der Waals surface area contributed by atoms with E-state index < -0.39 is 6.04 Å². The van der Waals surface area contributed by atoms with Crippen LogP contribution in [0.1, 0.15) is 30.9 Å². The second kappa shape index (κ2) is 13.2. The van der Waals surface area contributed by atoms with Gasteiger partial charge in [-0.1, -0.05) is 24.6 Å². The molecule has 0 saturated carbocycles. The first-order valence-corrected chi connectivity index (χ1v) is 8.56. The summed E-state index contributed by atoms with van der Waals surface area (Å²) in [5, 5.41) is 2.97. The monoisotopic (exact) mass is 407 g/mol. The van der Waals surface area contributed by atoms with Crippen LogP contribution in [0.2, 0.25) is 0 Å². The van der Waals surface area contributed by atoms with E-state index >= 15 is 0 Å². The zero-order chi connectivity index (χ0) is 17.4. The first-order chi connectivity index (χ1) is 11.7. The van der Waals surface area contributed by atoms with Crippen molar-refractivity contribution in [3.05, 3.63) is 29.8 Å². The van der Waals surface area contributed by atoms with Gasteiger partial charge in [-0.05, 0) is 32.0 Å². The number of likely N-dealkylation sites (tertiary alicyclic amines) is 1. The maximum absolute atomic E-state index is 12.1. The number of halogens is 2. The number of para-hydroxylation sites is 1. The van der Waals surface area contributed by atoms with Gasteiger partial charge in [0.05, 0.1) is 19.8 Å². The number of hydrogen-bond acceptors (Lipinski definition) is 5. The molecule has 6 nitrogen and oxygen atoms in total. The van der Waals surface area contributed by atoms with E-state index in [-0.39, 0.29) is 43.4 Å². The van der Waals surface area contributed by atoms with E-state index in [1.54, 1.807) is 14.2 Å². The Morgan fingerprint density at radius 1 is 1.19 bits per heavy atom. The molecule has 1 aliphatic heterocycles. The van der Waals surface area contributed by atoms with Gasteiger partial charge in [-0.25, -0.2) is 0 Å². The predicted octanol–water partition coefficient (Wildman–Crippen LogP) is 2.16. The molecule has 0 spiro atoms. The molecule has 1 aromatic rings. The Labute approximate surface area is 168 Å². The van der Waals surface area contributed by atoms with Crippen LogP contribution >= 0.6 is 24.8 Å². The molecule has 1 aliphatic rings. The van der Waals surface area contributed by atoms with Crippen LogP contribution in [0.4, 0.5) is 0 Å². The Hall–Kier alpha value is -1.05. The molecule has 0 radical (unpaired) electrons. The Morgan fingerprint density at radius 2 is 1.85 bits per heavy atom. The number of carbonyl (C=O) groups is 1. The van der Waals surface area contributed by atoms with Gasteiger partial charge in [-0.15, -0.1) is 24.8 Å². The highest BCUT2D eigenvalue weighted by molar-refractivity contribution is 5.85. The smallest absolute Gasteiger partial charge is 0.239 e. The molecular formula is C18H31Cl2N3O3. The van der Waals surface area contributed by atoms with Crippen molar-refractivity contribution < 1.29 is 14.3 Å². The molecule has 1 aromatic carbocycles. The molecular weight excluding hydrogens is 377 g/mol. The zero-order valence-electron chi connectivity index (χ0n) is 15.5. The largest absolute Gasteiger partial charge is 0.496 e. The normalized spacial score (nSPS) is 16.6. The van der Waals surface area contributed by atoms with Gasteiger partial charge in [0.2, 0.25) is 5.91 Å².